The van der Waals surface area contributed by atoms with E-state index in [0.29, 0.717) is 0 Å². The lowest BCUT2D eigenvalue weighted by atomic mass is 9.99. The monoisotopic (exact) mass is 212 g/mol. The largest absolute Gasteiger partial charge is 0.497 e. The average Bonchev–Trinajstić information content (AvgIpc) is 2.31. The summed E-state index contributed by atoms with van der Waals surface area (Å²) in [6.07, 6.45) is 0. The van der Waals surface area contributed by atoms with Gasteiger partial charge in [0.25, 0.3) is 0 Å². The minimum atomic E-state index is 0.904. The summed E-state index contributed by atoms with van der Waals surface area (Å²) in [5.41, 5.74) is 5.02. The summed E-state index contributed by atoms with van der Waals surface area (Å²) in [7, 11) is 1.70. The van der Waals surface area contributed by atoms with Gasteiger partial charge in [-0.3, -0.25) is 0 Å². The lowest BCUT2D eigenvalue weighted by Gasteiger charge is -2.08. The molecular weight excluding hydrogens is 196 g/mol. The van der Waals surface area contributed by atoms with Crippen molar-refractivity contribution in [3.05, 3.63) is 53.6 Å². The van der Waals surface area contributed by atoms with Crippen molar-refractivity contribution in [1.29, 1.82) is 0 Å². The van der Waals surface area contributed by atoms with Crippen LogP contribution in [0.2, 0.25) is 0 Å². The van der Waals surface area contributed by atoms with Gasteiger partial charge in [-0.2, -0.15) is 0 Å². The Morgan fingerprint density at radius 3 is 2.19 bits per heavy atom. The van der Waals surface area contributed by atoms with Crippen molar-refractivity contribution in [1.82, 2.24) is 0 Å². The van der Waals surface area contributed by atoms with Gasteiger partial charge in [0.05, 0.1) is 7.11 Å². The maximum Gasteiger partial charge on any atom is 0.119 e. The molecule has 0 heterocycles. The first-order valence-corrected chi connectivity index (χ1v) is 5.42. The normalized spacial score (nSPS) is 10.2. The maximum atomic E-state index is 5.26. The predicted molar refractivity (Wildman–Crippen MR) is 67.9 cm³/mol. The van der Waals surface area contributed by atoms with Crippen LogP contribution in [0.1, 0.15) is 11.1 Å². The fraction of sp³-hybridized carbons (Fsp3) is 0.200. The minimum Gasteiger partial charge on any atom is -0.497 e. The molecule has 2 aromatic rings. The van der Waals surface area contributed by atoms with Gasteiger partial charge in [-0.1, -0.05) is 35.9 Å². The minimum absolute atomic E-state index is 0.904. The predicted octanol–water partition coefficient (Wildman–Crippen LogP) is 3.98. The summed E-state index contributed by atoms with van der Waals surface area (Å²) >= 11 is 0. The van der Waals surface area contributed by atoms with Gasteiger partial charge in [-0.25, -0.2) is 0 Å². The van der Waals surface area contributed by atoms with Crippen LogP contribution in [0.5, 0.6) is 5.75 Å². The fourth-order valence-electron chi connectivity index (χ4n) is 1.77. The van der Waals surface area contributed by atoms with Crippen molar-refractivity contribution in [3.8, 4) is 16.9 Å². The van der Waals surface area contributed by atoms with Gasteiger partial charge in [0.15, 0.2) is 0 Å². The molecule has 2 aromatic carbocycles. The molecule has 0 fully saturated rings. The molecule has 1 nitrogen and oxygen atoms in total. The first-order valence-electron chi connectivity index (χ1n) is 5.42. The zero-order valence-corrected chi connectivity index (χ0v) is 9.95. The number of benzene rings is 2. The maximum absolute atomic E-state index is 5.26. The molecule has 0 bridgehead atoms. The molecule has 0 radical (unpaired) electrons. The van der Waals surface area contributed by atoms with Crippen LogP contribution in [0.3, 0.4) is 0 Å². The second kappa shape index (κ2) is 4.40. The van der Waals surface area contributed by atoms with Crippen molar-refractivity contribution in [3.63, 3.8) is 0 Å². The smallest absolute Gasteiger partial charge is 0.119 e. The second-order valence-electron chi connectivity index (χ2n) is 4.05. The summed E-state index contributed by atoms with van der Waals surface area (Å²) in [4.78, 5) is 0. The van der Waals surface area contributed by atoms with Crippen LogP contribution >= 0.6 is 0 Å². The van der Waals surface area contributed by atoms with E-state index < -0.39 is 0 Å². The van der Waals surface area contributed by atoms with E-state index in [1.54, 1.807) is 7.11 Å². The molecule has 0 amide bonds. The van der Waals surface area contributed by atoms with Crippen molar-refractivity contribution in [2.24, 2.45) is 0 Å². The number of hydrogen-bond donors (Lipinski definition) is 0. The van der Waals surface area contributed by atoms with Crippen LogP contribution in [0.4, 0.5) is 0 Å². The molecule has 1 heteroatoms. The Labute approximate surface area is 96.7 Å². The first-order chi connectivity index (χ1) is 7.70. The Balaban J connectivity index is 2.50. The molecular formula is C15H16O. The summed E-state index contributed by atoms with van der Waals surface area (Å²) < 4.78 is 5.26. The Bertz CT molecular complexity index is 483. The van der Waals surface area contributed by atoms with Gasteiger partial charge in [-0.05, 0) is 42.7 Å². The van der Waals surface area contributed by atoms with Crippen molar-refractivity contribution in [2.45, 2.75) is 13.8 Å². The van der Waals surface area contributed by atoms with Gasteiger partial charge < -0.3 is 4.74 Å². The lowest BCUT2D eigenvalue weighted by Crippen LogP contribution is -1.87. The van der Waals surface area contributed by atoms with Crippen molar-refractivity contribution < 1.29 is 4.74 Å². The Morgan fingerprint density at radius 1 is 0.875 bits per heavy atom. The van der Waals surface area contributed by atoms with E-state index in [4.69, 9.17) is 4.74 Å². The van der Waals surface area contributed by atoms with E-state index in [2.05, 4.69) is 50.2 Å². The third kappa shape index (κ3) is 2.08. The average molecular weight is 212 g/mol. The number of rotatable bonds is 2. The molecule has 0 saturated carbocycles. The molecule has 0 aromatic heterocycles. The van der Waals surface area contributed by atoms with Crippen LogP contribution in [0.25, 0.3) is 11.1 Å². The highest BCUT2D eigenvalue weighted by atomic mass is 16.5. The lowest BCUT2D eigenvalue weighted by molar-refractivity contribution is 0.415. The SMILES string of the molecule is COc1ccc(C)c(-c2ccc(C)cc2)c1. The highest BCUT2D eigenvalue weighted by molar-refractivity contribution is 5.69. The van der Waals surface area contributed by atoms with E-state index in [1.807, 2.05) is 6.07 Å². The van der Waals surface area contributed by atoms with Crippen molar-refractivity contribution in [2.75, 3.05) is 7.11 Å². The van der Waals surface area contributed by atoms with Crippen LogP contribution in [0, 0.1) is 13.8 Å². The van der Waals surface area contributed by atoms with E-state index in [0.717, 1.165) is 5.75 Å². The zero-order chi connectivity index (χ0) is 11.5. The summed E-state index contributed by atoms with van der Waals surface area (Å²) in [5, 5.41) is 0. The summed E-state index contributed by atoms with van der Waals surface area (Å²) in [6, 6.07) is 14.7. The number of ether oxygens (including phenoxy) is 1. The third-order valence-corrected chi connectivity index (χ3v) is 2.81. The highest BCUT2D eigenvalue weighted by Gasteiger charge is 2.03. The molecule has 0 N–H and O–H groups in total. The number of aryl methyl sites for hydroxylation is 2. The standard InChI is InChI=1S/C15H16O/c1-11-4-7-13(8-5-11)15-10-14(16-3)9-6-12(15)2/h4-10H,1-3H3. The van der Waals surface area contributed by atoms with Gasteiger partial charge in [-0.15, -0.1) is 0 Å². The quantitative estimate of drug-likeness (QED) is 0.731. The van der Waals surface area contributed by atoms with Gasteiger partial charge in [0.2, 0.25) is 0 Å². The summed E-state index contributed by atoms with van der Waals surface area (Å²) in [6.45, 7) is 4.22. The van der Waals surface area contributed by atoms with Crippen LogP contribution in [-0.4, -0.2) is 7.11 Å². The Morgan fingerprint density at radius 2 is 1.56 bits per heavy atom. The van der Waals surface area contributed by atoms with Crippen molar-refractivity contribution >= 4 is 0 Å². The Hall–Kier alpha value is -1.76. The third-order valence-electron chi connectivity index (χ3n) is 2.81. The van der Waals surface area contributed by atoms with E-state index >= 15 is 0 Å². The number of methoxy groups -OCH3 is 1. The molecule has 0 aliphatic rings. The molecule has 0 atom stereocenters. The van der Waals surface area contributed by atoms with E-state index in [9.17, 15) is 0 Å². The van der Waals surface area contributed by atoms with E-state index in [1.165, 1.54) is 22.3 Å². The molecule has 0 aliphatic heterocycles. The summed E-state index contributed by atoms with van der Waals surface area (Å²) in [5.74, 6) is 0.904. The topological polar surface area (TPSA) is 9.23 Å². The molecule has 0 spiro atoms. The van der Waals surface area contributed by atoms with Gasteiger partial charge in [0, 0.05) is 0 Å². The molecule has 2 rings (SSSR count). The zero-order valence-electron chi connectivity index (χ0n) is 9.95. The second-order valence-corrected chi connectivity index (χ2v) is 4.05. The van der Waals surface area contributed by atoms with E-state index in [-0.39, 0.29) is 0 Å². The van der Waals surface area contributed by atoms with Gasteiger partial charge >= 0.3 is 0 Å². The highest BCUT2D eigenvalue weighted by Crippen LogP contribution is 2.27. The van der Waals surface area contributed by atoms with Crippen LogP contribution < -0.4 is 4.74 Å². The molecule has 0 saturated heterocycles. The first kappa shape index (κ1) is 10.7. The molecule has 0 aliphatic carbocycles. The Kier molecular flexibility index (Phi) is 2.95. The van der Waals surface area contributed by atoms with Crippen LogP contribution in [-0.2, 0) is 0 Å². The molecule has 0 unspecified atom stereocenters. The molecule has 16 heavy (non-hydrogen) atoms. The number of hydrogen-bond acceptors (Lipinski definition) is 1. The van der Waals surface area contributed by atoms with Crippen LogP contribution in [0.15, 0.2) is 42.5 Å². The van der Waals surface area contributed by atoms with Gasteiger partial charge in [0.1, 0.15) is 5.75 Å². The fourth-order valence-corrected chi connectivity index (χ4v) is 1.77. The molecule has 82 valence electrons.